The number of hydrogen-bond donors (Lipinski definition) is 1. The molecule has 2 aromatic rings. The Hall–Kier alpha value is -0.900. The third kappa shape index (κ3) is 3.04. The molecule has 0 fully saturated rings. The number of aryl methyl sites for hydroxylation is 1. The molecule has 16 heavy (non-hydrogen) atoms. The SMILES string of the molecule is NC(CCc1cccnc1)c1ccc(Cl)s1. The van der Waals surface area contributed by atoms with Crippen LogP contribution in [-0.2, 0) is 6.42 Å². The number of nitrogens with zero attached hydrogens (tertiary/aromatic N) is 1. The van der Waals surface area contributed by atoms with Gasteiger partial charge in [-0.2, -0.15) is 0 Å². The highest BCUT2D eigenvalue weighted by Crippen LogP contribution is 2.27. The molecule has 2 rings (SSSR count). The zero-order valence-electron chi connectivity index (χ0n) is 8.77. The molecular formula is C12H13ClN2S. The maximum Gasteiger partial charge on any atom is 0.0931 e. The smallest absolute Gasteiger partial charge is 0.0931 e. The molecule has 2 nitrogen and oxygen atoms in total. The molecule has 0 aliphatic carbocycles. The fourth-order valence-electron chi connectivity index (χ4n) is 1.54. The van der Waals surface area contributed by atoms with E-state index < -0.39 is 0 Å². The predicted molar refractivity (Wildman–Crippen MR) is 68.8 cm³/mol. The van der Waals surface area contributed by atoms with Crippen LogP contribution in [0.25, 0.3) is 0 Å². The second-order valence-corrected chi connectivity index (χ2v) is 5.39. The summed E-state index contributed by atoms with van der Waals surface area (Å²) in [6, 6.07) is 7.98. The molecule has 0 amide bonds. The monoisotopic (exact) mass is 252 g/mol. The van der Waals surface area contributed by atoms with Gasteiger partial charge in [-0.15, -0.1) is 11.3 Å². The first kappa shape index (κ1) is 11.6. The van der Waals surface area contributed by atoms with Gasteiger partial charge in [-0.3, -0.25) is 4.98 Å². The largest absolute Gasteiger partial charge is 0.323 e. The van der Waals surface area contributed by atoms with Crippen LogP contribution < -0.4 is 5.73 Å². The Morgan fingerprint density at radius 1 is 1.38 bits per heavy atom. The summed E-state index contributed by atoms with van der Waals surface area (Å²) in [6.45, 7) is 0. The maximum absolute atomic E-state index is 6.09. The second kappa shape index (κ2) is 5.43. The molecule has 2 N–H and O–H groups in total. The van der Waals surface area contributed by atoms with Crippen LogP contribution in [0.2, 0.25) is 4.34 Å². The molecule has 2 heterocycles. The summed E-state index contributed by atoms with van der Waals surface area (Å²) < 4.78 is 0.798. The number of nitrogens with two attached hydrogens (primary N) is 1. The van der Waals surface area contributed by atoms with Crippen molar-refractivity contribution in [1.29, 1.82) is 0 Å². The number of thiophene rings is 1. The van der Waals surface area contributed by atoms with Crippen molar-refractivity contribution < 1.29 is 0 Å². The molecule has 0 spiro atoms. The fourth-order valence-corrected chi connectivity index (χ4v) is 2.63. The lowest BCUT2D eigenvalue weighted by Gasteiger charge is -2.08. The van der Waals surface area contributed by atoms with Crippen molar-refractivity contribution in [3.63, 3.8) is 0 Å². The summed E-state index contributed by atoms with van der Waals surface area (Å²) >= 11 is 7.43. The van der Waals surface area contributed by atoms with E-state index in [-0.39, 0.29) is 6.04 Å². The number of rotatable bonds is 4. The van der Waals surface area contributed by atoms with Crippen LogP contribution in [0.3, 0.4) is 0 Å². The number of aromatic nitrogens is 1. The van der Waals surface area contributed by atoms with Crippen LogP contribution in [0.5, 0.6) is 0 Å². The van der Waals surface area contributed by atoms with Gasteiger partial charge in [-0.25, -0.2) is 0 Å². The molecule has 0 aromatic carbocycles. The van der Waals surface area contributed by atoms with Gasteiger partial charge in [0.2, 0.25) is 0 Å². The Morgan fingerprint density at radius 3 is 2.88 bits per heavy atom. The van der Waals surface area contributed by atoms with Crippen molar-refractivity contribution in [2.75, 3.05) is 0 Å². The second-order valence-electron chi connectivity index (χ2n) is 3.65. The Balaban J connectivity index is 1.91. The van der Waals surface area contributed by atoms with Crippen molar-refractivity contribution in [2.45, 2.75) is 18.9 Å². The summed E-state index contributed by atoms with van der Waals surface area (Å²) in [5.74, 6) is 0. The third-order valence-corrected chi connectivity index (χ3v) is 3.79. The third-order valence-electron chi connectivity index (χ3n) is 2.43. The van der Waals surface area contributed by atoms with Gasteiger partial charge in [0.05, 0.1) is 4.34 Å². The van der Waals surface area contributed by atoms with Crippen molar-refractivity contribution in [3.8, 4) is 0 Å². The van der Waals surface area contributed by atoms with E-state index in [9.17, 15) is 0 Å². The number of hydrogen-bond acceptors (Lipinski definition) is 3. The highest BCUT2D eigenvalue weighted by atomic mass is 35.5. The molecule has 0 aliphatic heterocycles. The molecular weight excluding hydrogens is 240 g/mol. The normalized spacial score (nSPS) is 12.6. The summed E-state index contributed by atoms with van der Waals surface area (Å²) in [7, 11) is 0. The van der Waals surface area contributed by atoms with E-state index in [1.807, 2.05) is 24.4 Å². The first-order chi connectivity index (χ1) is 7.75. The molecule has 4 heteroatoms. The maximum atomic E-state index is 6.09. The average Bonchev–Trinajstić information content (AvgIpc) is 2.74. The molecule has 0 bridgehead atoms. The van der Waals surface area contributed by atoms with Crippen LogP contribution in [0, 0.1) is 0 Å². The molecule has 84 valence electrons. The van der Waals surface area contributed by atoms with Crippen LogP contribution in [0.15, 0.2) is 36.7 Å². The van der Waals surface area contributed by atoms with Gasteiger partial charge in [-0.1, -0.05) is 17.7 Å². The van der Waals surface area contributed by atoms with E-state index in [4.69, 9.17) is 17.3 Å². The lowest BCUT2D eigenvalue weighted by Crippen LogP contribution is -2.09. The molecule has 2 aromatic heterocycles. The van der Waals surface area contributed by atoms with Gasteiger partial charge >= 0.3 is 0 Å². The Kier molecular flexibility index (Phi) is 3.93. The summed E-state index contributed by atoms with van der Waals surface area (Å²) in [6.07, 6.45) is 5.53. The first-order valence-electron chi connectivity index (χ1n) is 5.15. The highest BCUT2D eigenvalue weighted by Gasteiger charge is 2.08. The Bertz CT molecular complexity index is 441. The summed E-state index contributed by atoms with van der Waals surface area (Å²) in [4.78, 5) is 5.23. The average molecular weight is 253 g/mol. The molecule has 0 radical (unpaired) electrons. The van der Waals surface area contributed by atoms with E-state index in [1.54, 1.807) is 17.5 Å². The van der Waals surface area contributed by atoms with Crippen LogP contribution in [-0.4, -0.2) is 4.98 Å². The number of pyridine rings is 1. The van der Waals surface area contributed by atoms with Crippen molar-refractivity contribution in [2.24, 2.45) is 5.73 Å². The van der Waals surface area contributed by atoms with Crippen LogP contribution >= 0.6 is 22.9 Å². The van der Waals surface area contributed by atoms with E-state index in [2.05, 4.69) is 11.1 Å². The minimum absolute atomic E-state index is 0.0673. The van der Waals surface area contributed by atoms with Gasteiger partial charge in [0, 0.05) is 23.3 Å². The van der Waals surface area contributed by atoms with E-state index >= 15 is 0 Å². The standard InChI is InChI=1S/C12H13ClN2S/c13-12-6-5-11(16-12)10(14)4-3-9-2-1-7-15-8-9/h1-2,5-8,10H,3-4,14H2. The topological polar surface area (TPSA) is 38.9 Å². The zero-order valence-corrected chi connectivity index (χ0v) is 10.3. The van der Waals surface area contributed by atoms with Crippen molar-refractivity contribution in [1.82, 2.24) is 4.98 Å². The molecule has 0 saturated carbocycles. The highest BCUT2D eigenvalue weighted by molar-refractivity contribution is 7.16. The van der Waals surface area contributed by atoms with E-state index in [0.717, 1.165) is 22.1 Å². The fraction of sp³-hybridized carbons (Fsp3) is 0.250. The quantitative estimate of drug-likeness (QED) is 0.906. The van der Waals surface area contributed by atoms with Crippen molar-refractivity contribution >= 4 is 22.9 Å². The summed E-state index contributed by atoms with van der Waals surface area (Å²) in [5, 5.41) is 0. The van der Waals surface area contributed by atoms with Crippen LogP contribution in [0.1, 0.15) is 22.9 Å². The predicted octanol–water partition coefficient (Wildman–Crippen LogP) is 3.43. The molecule has 1 unspecified atom stereocenters. The Labute approximate surface area is 104 Å². The van der Waals surface area contributed by atoms with Crippen molar-refractivity contribution in [3.05, 3.63) is 51.4 Å². The minimum Gasteiger partial charge on any atom is -0.323 e. The van der Waals surface area contributed by atoms with E-state index in [0.29, 0.717) is 0 Å². The lowest BCUT2D eigenvalue weighted by molar-refractivity contribution is 0.661. The Morgan fingerprint density at radius 2 is 2.25 bits per heavy atom. The van der Waals surface area contributed by atoms with Gasteiger partial charge < -0.3 is 5.73 Å². The van der Waals surface area contributed by atoms with E-state index in [1.165, 1.54) is 5.56 Å². The van der Waals surface area contributed by atoms with Gasteiger partial charge in [0.1, 0.15) is 0 Å². The minimum atomic E-state index is 0.0673. The van der Waals surface area contributed by atoms with Crippen LogP contribution in [0.4, 0.5) is 0 Å². The zero-order chi connectivity index (χ0) is 11.4. The first-order valence-corrected chi connectivity index (χ1v) is 6.35. The van der Waals surface area contributed by atoms with Gasteiger partial charge in [-0.05, 0) is 36.6 Å². The lowest BCUT2D eigenvalue weighted by atomic mass is 10.1. The van der Waals surface area contributed by atoms with Gasteiger partial charge in [0.15, 0.2) is 0 Å². The molecule has 0 aliphatic rings. The summed E-state index contributed by atoms with van der Waals surface area (Å²) in [5.41, 5.74) is 7.31. The van der Waals surface area contributed by atoms with Gasteiger partial charge in [0.25, 0.3) is 0 Å². The number of halogens is 1. The molecule has 1 atom stereocenters. The molecule has 0 saturated heterocycles.